The van der Waals surface area contributed by atoms with Crippen LogP contribution in [-0.2, 0) is 0 Å². The molecule has 4 rings (SSSR count). The lowest BCUT2D eigenvalue weighted by atomic mass is 10.1. The SMILES string of the molecule is COc1ccc(OC)c(NC(=O)Nc2ccc(-c3c[nH]c4cccnc34)cc2)c1. The molecule has 7 heteroatoms. The van der Waals surface area contributed by atoms with Crippen LogP contribution in [0.15, 0.2) is 67.0 Å². The van der Waals surface area contributed by atoms with Crippen molar-refractivity contribution in [2.45, 2.75) is 0 Å². The van der Waals surface area contributed by atoms with Gasteiger partial charge >= 0.3 is 6.03 Å². The minimum Gasteiger partial charge on any atom is -0.497 e. The maximum absolute atomic E-state index is 12.4. The Morgan fingerprint density at radius 3 is 2.59 bits per heavy atom. The zero-order valence-electron chi connectivity index (χ0n) is 16.0. The second-order valence-electron chi connectivity index (χ2n) is 6.32. The van der Waals surface area contributed by atoms with E-state index in [4.69, 9.17) is 9.47 Å². The van der Waals surface area contributed by atoms with E-state index in [0.717, 1.165) is 22.2 Å². The molecule has 0 saturated heterocycles. The van der Waals surface area contributed by atoms with Gasteiger partial charge in [-0.1, -0.05) is 12.1 Å². The van der Waals surface area contributed by atoms with Gasteiger partial charge in [-0.05, 0) is 42.0 Å². The van der Waals surface area contributed by atoms with E-state index in [9.17, 15) is 4.79 Å². The van der Waals surface area contributed by atoms with E-state index >= 15 is 0 Å². The topological polar surface area (TPSA) is 88.3 Å². The van der Waals surface area contributed by atoms with E-state index in [1.165, 1.54) is 0 Å². The van der Waals surface area contributed by atoms with E-state index in [0.29, 0.717) is 22.9 Å². The molecule has 0 radical (unpaired) electrons. The molecule has 0 saturated carbocycles. The molecule has 0 bridgehead atoms. The van der Waals surface area contributed by atoms with Crippen LogP contribution in [0.4, 0.5) is 16.2 Å². The van der Waals surface area contributed by atoms with Crippen molar-refractivity contribution >= 4 is 28.4 Å². The first kappa shape index (κ1) is 18.4. The van der Waals surface area contributed by atoms with Crippen molar-refractivity contribution < 1.29 is 14.3 Å². The monoisotopic (exact) mass is 388 g/mol. The number of H-pyrrole nitrogens is 1. The van der Waals surface area contributed by atoms with Crippen LogP contribution >= 0.6 is 0 Å². The second kappa shape index (κ2) is 7.93. The molecule has 2 aromatic carbocycles. The number of amides is 2. The Morgan fingerprint density at radius 2 is 1.83 bits per heavy atom. The average molecular weight is 388 g/mol. The number of carbonyl (C=O) groups excluding carboxylic acids is 1. The molecule has 0 unspecified atom stereocenters. The van der Waals surface area contributed by atoms with Crippen molar-refractivity contribution in [2.75, 3.05) is 24.9 Å². The van der Waals surface area contributed by atoms with E-state index in [-0.39, 0.29) is 6.03 Å². The summed E-state index contributed by atoms with van der Waals surface area (Å²) in [4.78, 5) is 20.1. The Balaban J connectivity index is 1.48. The number of rotatable bonds is 5. The van der Waals surface area contributed by atoms with Gasteiger partial charge in [-0.25, -0.2) is 4.79 Å². The van der Waals surface area contributed by atoms with Gasteiger partial charge in [-0.15, -0.1) is 0 Å². The summed E-state index contributed by atoms with van der Waals surface area (Å²) < 4.78 is 10.5. The highest BCUT2D eigenvalue weighted by atomic mass is 16.5. The molecule has 7 nitrogen and oxygen atoms in total. The number of pyridine rings is 1. The van der Waals surface area contributed by atoms with Gasteiger partial charge in [0.25, 0.3) is 0 Å². The van der Waals surface area contributed by atoms with E-state index < -0.39 is 0 Å². The maximum Gasteiger partial charge on any atom is 0.323 e. The number of hydrogen-bond acceptors (Lipinski definition) is 4. The molecular weight excluding hydrogens is 368 g/mol. The van der Waals surface area contributed by atoms with Gasteiger partial charge in [0.15, 0.2) is 0 Å². The number of nitrogens with one attached hydrogen (secondary N) is 3. The van der Waals surface area contributed by atoms with Crippen molar-refractivity contribution in [2.24, 2.45) is 0 Å². The number of nitrogens with zero attached hydrogens (tertiary/aromatic N) is 1. The maximum atomic E-state index is 12.4. The Hall–Kier alpha value is -4.00. The van der Waals surface area contributed by atoms with E-state index in [1.807, 2.05) is 42.6 Å². The molecule has 0 aliphatic heterocycles. The predicted octanol–water partition coefficient (Wildman–Crippen LogP) is 4.89. The largest absolute Gasteiger partial charge is 0.497 e. The van der Waals surface area contributed by atoms with Crippen molar-refractivity contribution in [3.05, 3.63) is 67.0 Å². The van der Waals surface area contributed by atoms with Gasteiger partial charge in [0.05, 0.1) is 30.9 Å². The molecule has 146 valence electrons. The molecule has 2 heterocycles. The van der Waals surface area contributed by atoms with Gasteiger partial charge in [-0.2, -0.15) is 0 Å². The van der Waals surface area contributed by atoms with Gasteiger partial charge < -0.3 is 25.1 Å². The van der Waals surface area contributed by atoms with Crippen molar-refractivity contribution in [1.29, 1.82) is 0 Å². The quantitative estimate of drug-likeness (QED) is 0.454. The van der Waals surface area contributed by atoms with Crippen LogP contribution in [-0.4, -0.2) is 30.2 Å². The predicted molar refractivity (Wildman–Crippen MR) is 114 cm³/mol. The third kappa shape index (κ3) is 3.84. The standard InChI is InChI=1S/C22H20N4O3/c1-28-16-9-10-20(29-2)19(12-16)26-22(27)25-15-7-5-14(6-8-15)17-13-24-18-4-3-11-23-21(17)18/h3-13,24H,1-2H3,(H2,25,26,27). The second-order valence-corrected chi connectivity index (χ2v) is 6.32. The molecule has 2 amide bonds. The molecule has 0 aliphatic rings. The fourth-order valence-electron chi connectivity index (χ4n) is 3.10. The lowest BCUT2D eigenvalue weighted by Gasteiger charge is -2.12. The van der Waals surface area contributed by atoms with Crippen LogP contribution in [0.5, 0.6) is 11.5 Å². The number of anilines is 2. The fraction of sp³-hybridized carbons (Fsp3) is 0.0909. The molecule has 0 aliphatic carbocycles. The summed E-state index contributed by atoms with van der Waals surface area (Å²) in [5.41, 5.74) is 5.10. The van der Waals surface area contributed by atoms with Crippen molar-refractivity contribution in [1.82, 2.24) is 9.97 Å². The summed E-state index contributed by atoms with van der Waals surface area (Å²) >= 11 is 0. The number of methoxy groups -OCH3 is 2. The lowest BCUT2D eigenvalue weighted by molar-refractivity contribution is 0.262. The minimum atomic E-state index is -0.377. The Labute approximate surface area is 167 Å². The number of ether oxygens (including phenoxy) is 2. The molecule has 0 fully saturated rings. The lowest BCUT2D eigenvalue weighted by Crippen LogP contribution is -2.19. The smallest absolute Gasteiger partial charge is 0.323 e. The summed E-state index contributed by atoms with van der Waals surface area (Å²) in [5.74, 6) is 1.17. The van der Waals surface area contributed by atoms with Crippen LogP contribution in [0.2, 0.25) is 0 Å². The summed E-state index contributed by atoms with van der Waals surface area (Å²) in [6.45, 7) is 0. The zero-order valence-corrected chi connectivity index (χ0v) is 16.0. The Bertz CT molecular complexity index is 1150. The number of aromatic amines is 1. The number of fused-ring (bicyclic) bond motifs is 1. The first-order valence-corrected chi connectivity index (χ1v) is 9.00. The van der Waals surface area contributed by atoms with Crippen LogP contribution in [0.3, 0.4) is 0 Å². The van der Waals surface area contributed by atoms with Crippen LogP contribution in [0.25, 0.3) is 22.2 Å². The van der Waals surface area contributed by atoms with Gasteiger partial charge in [0, 0.05) is 29.7 Å². The fourth-order valence-corrected chi connectivity index (χ4v) is 3.10. The molecule has 4 aromatic rings. The molecular formula is C22H20N4O3. The van der Waals surface area contributed by atoms with Crippen molar-refractivity contribution in [3.8, 4) is 22.6 Å². The molecule has 2 aromatic heterocycles. The number of urea groups is 1. The van der Waals surface area contributed by atoms with Gasteiger partial charge in [0.2, 0.25) is 0 Å². The Morgan fingerprint density at radius 1 is 1.00 bits per heavy atom. The molecule has 0 atom stereocenters. The Kier molecular flexibility index (Phi) is 5.03. The molecule has 29 heavy (non-hydrogen) atoms. The highest BCUT2D eigenvalue weighted by Gasteiger charge is 2.10. The average Bonchev–Trinajstić information content (AvgIpc) is 3.18. The number of hydrogen-bond donors (Lipinski definition) is 3. The van der Waals surface area contributed by atoms with Crippen LogP contribution in [0.1, 0.15) is 0 Å². The first-order chi connectivity index (χ1) is 14.2. The first-order valence-electron chi connectivity index (χ1n) is 9.00. The molecule has 3 N–H and O–H groups in total. The zero-order chi connectivity index (χ0) is 20.2. The summed E-state index contributed by atoms with van der Waals surface area (Å²) in [7, 11) is 3.11. The normalized spacial score (nSPS) is 10.6. The number of carbonyl (C=O) groups is 1. The van der Waals surface area contributed by atoms with Crippen LogP contribution < -0.4 is 20.1 Å². The van der Waals surface area contributed by atoms with E-state index in [1.54, 1.807) is 38.6 Å². The summed E-state index contributed by atoms with van der Waals surface area (Å²) in [5, 5.41) is 5.60. The van der Waals surface area contributed by atoms with Crippen molar-refractivity contribution in [3.63, 3.8) is 0 Å². The summed E-state index contributed by atoms with van der Waals surface area (Å²) in [6, 6.07) is 16.3. The third-order valence-corrected chi connectivity index (χ3v) is 4.54. The van der Waals surface area contributed by atoms with Gasteiger partial charge in [0.1, 0.15) is 11.5 Å². The van der Waals surface area contributed by atoms with Crippen LogP contribution in [0, 0.1) is 0 Å². The summed E-state index contributed by atoms with van der Waals surface area (Å²) in [6.07, 6.45) is 3.70. The highest BCUT2D eigenvalue weighted by molar-refractivity contribution is 6.01. The minimum absolute atomic E-state index is 0.377. The highest BCUT2D eigenvalue weighted by Crippen LogP contribution is 2.30. The molecule has 0 spiro atoms. The van der Waals surface area contributed by atoms with Gasteiger partial charge in [-0.3, -0.25) is 4.98 Å². The number of benzene rings is 2. The van der Waals surface area contributed by atoms with E-state index in [2.05, 4.69) is 20.6 Å². The third-order valence-electron chi connectivity index (χ3n) is 4.54. The number of aromatic nitrogens is 2.